The standard InChI is InChI=1S/C19H19Cl2N3O4S2/c1-14-3-4-17(29(25,26)18-10-15(20)9-16(21)11-18)12-19(14)30(27,28)23-5-2-7-24-8-6-22-13-24/h3-4,6,8-13,23H,2,5,7H2,1H3. The minimum Gasteiger partial charge on any atom is -0.337 e. The molecule has 0 aliphatic heterocycles. The number of halogens is 2. The van der Waals surface area contributed by atoms with Crippen molar-refractivity contribution in [3.8, 4) is 0 Å². The van der Waals surface area contributed by atoms with Gasteiger partial charge in [-0.1, -0.05) is 29.3 Å². The molecule has 0 spiro atoms. The summed E-state index contributed by atoms with van der Waals surface area (Å²) in [6.07, 6.45) is 5.63. The number of hydrogen-bond acceptors (Lipinski definition) is 5. The fraction of sp³-hybridized carbons (Fsp3) is 0.211. The third-order valence-corrected chi connectivity index (χ3v) is 8.12. The molecule has 0 saturated carbocycles. The summed E-state index contributed by atoms with van der Waals surface area (Å²) < 4.78 is 55.9. The lowest BCUT2D eigenvalue weighted by atomic mass is 10.2. The Labute approximate surface area is 185 Å². The van der Waals surface area contributed by atoms with Crippen LogP contribution < -0.4 is 4.72 Å². The summed E-state index contributed by atoms with van der Waals surface area (Å²) in [5, 5.41) is 0.334. The molecule has 1 heterocycles. The van der Waals surface area contributed by atoms with E-state index in [9.17, 15) is 16.8 Å². The summed E-state index contributed by atoms with van der Waals surface area (Å²) in [7, 11) is -7.91. The number of sulfone groups is 1. The molecule has 0 atom stereocenters. The molecule has 0 aliphatic rings. The molecule has 0 radical (unpaired) electrons. The molecule has 0 aliphatic carbocycles. The Balaban J connectivity index is 1.84. The monoisotopic (exact) mass is 487 g/mol. The van der Waals surface area contributed by atoms with Crippen molar-refractivity contribution in [2.75, 3.05) is 6.54 Å². The van der Waals surface area contributed by atoms with Crippen molar-refractivity contribution < 1.29 is 16.8 Å². The van der Waals surface area contributed by atoms with Crippen LogP contribution >= 0.6 is 23.2 Å². The lowest BCUT2D eigenvalue weighted by Gasteiger charge is -2.12. The number of imidazole rings is 1. The molecule has 3 aromatic rings. The fourth-order valence-corrected chi connectivity index (χ4v) is 6.25. The third-order valence-electron chi connectivity index (χ3n) is 4.35. The van der Waals surface area contributed by atoms with E-state index in [1.165, 1.54) is 30.3 Å². The molecule has 1 N–H and O–H groups in total. The van der Waals surface area contributed by atoms with Crippen molar-refractivity contribution in [1.82, 2.24) is 14.3 Å². The normalized spacial score (nSPS) is 12.2. The molecule has 160 valence electrons. The lowest BCUT2D eigenvalue weighted by molar-refractivity contribution is 0.569. The van der Waals surface area contributed by atoms with Crippen LogP contribution in [0, 0.1) is 6.92 Å². The molecule has 0 fully saturated rings. The molecule has 0 saturated heterocycles. The van der Waals surface area contributed by atoms with Crippen molar-refractivity contribution in [2.45, 2.75) is 34.6 Å². The van der Waals surface area contributed by atoms with E-state index in [0.717, 1.165) is 6.07 Å². The van der Waals surface area contributed by atoms with E-state index in [2.05, 4.69) is 9.71 Å². The van der Waals surface area contributed by atoms with E-state index >= 15 is 0 Å². The Hall–Kier alpha value is -1.91. The maximum Gasteiger partial charge on any atom is 0.240 e. The van der Waals surface area contributed by atoms with Gasteiger partial charge < -0.3 is 4.57 Å². The minimum atomic E-state index is -4.01. The molecule has 0 bridgehead atoms. The summed E-state index contributed by atoms with van der Waals surface area (Å²) in [6, 6.07) is 7.92. The Morgan fingerprint density at radius 2 is 1.70 bits per heavy atom. The van der Waals surface area contributed by atoms with Gasteiger partial charge in [-0.3, -0.25) is 0 Å². The summed E-state index contributed by atoms with van der Waals surface area (Å²) in [6.45, 7) is 2.40. The summed E-state index contributed by atoms with van der Waals surface area (Å²) in [4.78, 5) is 3.56. The SMILES string of the molecule is Cc1ccc(S(=O)(=O)c2cc(Cl)cc(Cl)c2)cc1S(=O)(=O)NCCCn1ccnc1. The lowest BCUT2D eigenvalue weighted by Crippen LogP contribution is -2.26. The van der Waals surface area contributed by atoms with Crippen molar-refractivity contribution in [3.05, 3.63) is 70.7 Å². The van der Waals surface area contributed by atoms with Crippen molar-refractivity contribution >= 4 is 43.1 Å². The van der Waals surface area contributed by atoms with E-state index < -0.39 is 19.9 Å². The zero-order valence-electron chi connectivity index (χ0n) is 15.9. The highest BCUT2D eigenvalue weighted by atomic mass is 35.5. The van der Waals surface area contributed by atoms with Crippen LogP contribution in [0.5, 0.6) is 0 Å². The first-order chi connectivity index (χ1) is 14.1. The topological polar surface area (TPSA) is 98.1 Å². The molecule has 11 heteroatoms. The molecule has 30 heavy (non-hydrogen) atoms. The van der Waals surface area contributed by atoms with Gasteiger partial charge in [0.2, 0.25) is 19.9 Å². The maximum absolute atomic E-state index is 13.0. The predicted molar refractivity (Wildman–Crippen MR) is 115 cm³/mol. The molecular formula is C19H19Cl2N3O4S2. The van der Waals surface area contributed by atoms with Gasteiger partial charge in [0.25, 0.3) is 0 Å². The van der Waals surface area contributed by atoms with Crippen molar-refractivity contribution in [3.63, 3.8) is 0 Å². The highest BCUT2D eigenvalue weighted by Gasteiger charge is 2.23. The van der Waals surface area contributed by atoms with Gasteiger partial charge in [-0.2, -0.15) is 0 Å². The smallest absolute Gasteiger partial charge is 0.240 e. The third kappa shape index (κ3) is 5.22. The number of nitrogens with zero attached hydrogens (tertiary/aromatic N) is 2. The van der Waals surface area contributed by atoms with Gasteiger partial charge in [0.15, 0.2) is 0 Å². The second kappa shape index (κ2) is 9.07. The van der Waals surface area contributed by atoms with Gasteiger partial charge in [-0.05, 0) is 49.2 Å². The van der Waals surface area contributed by atoms with Gasteiger partial charge in [0.05, 0.1) is 21.0 Å². The summed E-state index contributed by atoms with van der Waals surface area (Å²) in [5.41, 5.74) is 0.431. The Kier molecular flexibility index (Phi) is 6.88. The van der Waals surface area contributed by atoms with Crippen molar-refractivity contribution in [1.29, 1.82) is 0 Å². The number of hydrogen-bond donors (Lipinski definition) is 1. The Morgan fingerprint density at radius 1 is 1.00 bits per heavy atom. The van der Waals surface area contributed by atoms with E-state index in [4.69, 9.17) is 23.2 Å². The molecular weight excluding hydrogens is 469 g/mol. The Bertz CT molecular complexity index is 1240. The van der Waals surface area contributed by atoms with Crippen LogP contribution in [0.4, 0.5) is 0 Å². The zero-order valence-corrected chi connectivity index (χ0v) is 19.1. The van der Waals surface area contributed by atoms with E-state index in [1.807, 2.05) is 4.57 Å². The second-order valence-corrected chi connectivity index (χ2v) is 11.1. The average molecular weight is 488 g/mol. The van der Waals surface area contributed by atoms with Gasteiger partial charge in [-0.25, -0.2) is 26.5 Å². The van der Waals surface area contributed by atoms with Crippen LogP contribution in [0.3, 0.4) is 0 Å². The van der Waals surface area contributed by atoms with Crippen LogP contribution in [0.25, 0.3) is 0 Å². The quantitative estimate of drug-likeness (QED) is 0.488. The number of aryl methyl sites for hydroxylation is 2. The largest absolute Gasteiger partial charge is 0.337 e. The highest BCUT2D eigenvalue weighted by Crippen LogP contribution is 2.29. The van der Waals surface area contributed by atoms with Crippen LogP contribution in [0.1, 0.15) is 12.0 Å². The average Bonchev–Trinajstić information content (AvgIpc) is 3.18. The van der Waals surface area contributed by atoms with Gasteiger partial charge in [0, 0.05) is 35.5 Å². The van der Waals surface area contributed by atoms with E-state index in [1.54, 1.807) is 25.6 Å². The number of benzene rings is 2. The van der Waals surface area contributed by atoms with E-state index in [-0.39, 0.29) is 31.3 Å². The van der Waals surface area contributed by atoms with Crippen molar-refractivity contribution in [2.24, 2.45) is 0 Å². The molecule has 0 unspecified atom stereocenters. The van der Waals surface area contributed by atoms with Crippen LogP contribution in [0.15, 0.2) is 69.8 Å². The number of rotatable bonds is 8. The maximum atomic E-state index is 13.0. The first kappa shape index (κ1) is 22.8. The summed E-state index contributed by atoms with van der Waals surface area (Å²) in [5.74, 6) is 0. The molecule has 3 rings (SSSR count). The number of sulfonamides is 1. The van der Waals surface area contributed by atoms with Crippen LogP contribution in [-0.2, 0) is 26.4 Å². The summed E-state index contributed by atoms with van der Waals surface area (Å²) >= 11 is 11.8. The zero-order chi connectivity index (χ0) is 21.9. The van der Waals surface area contributed by atoms with Gasteiger partial charge in [0.1, 0.15) is 0 Å². The van der Waals surface area contributed by atoms with E-state index in [0.29, 0.717) is 18.5 Å². The first-order valence-corrected chi connectivity index (χ1v) is 12.6. The predicted octanol–water partition coefficient (Wildman–Crippen LogP) is 3.70. The fourth-order valence-electron chi connectivity index (χ4n) is 2.82. The molecule has 7 nitrogen and oxygen atoms in total. The minimum absolute atomic E-state index is 0.0978. The molecule has 0 amide bonds. The second-order valence-electron chi connectivity index (χ2n) is 6.59. The van der Waals surface area contributed by atoms with Gasteiger partial charge >= 0.3 is 0 Å². The van der Waals surface area contributed by atoms with Crippen LogP contribution in [-0.4, -0.2) is 32.9 Å². The number of nitrogens with one attached hydrogen (secondary N) is 1. The molecule has 1 aromatic heterocycles. The Morgan fingerprint density at radius 3 is 2.33 bits per heavy atom. The molecule has 2 aromatic carbocycles. The van der Waals surface area contributed by atoms with Crippen LogP contribution in [0.2, 0.25) is 10.0 Å². The first-order valence-electron chi connectivity index (χ1n) is 8.87. The highest BCUT2D eigenvalue weighted by molar-refractivity contribution is 7.91. The van der Waals surface area contributed by atoms with Gasteiger partial charge in [-0.15, -0.1) is 0 Å². The number of aromatic nitrogens is 2.